The zero-order valence-electron chi connectivity index (χ0n) is 16.9. The fraction of sp³-hybridized carbons (Fsp3) is 0.381. The van der Waals surface area contributed by atoms with Gasteiger partial charge in [0.05, 0.1) is 13.7 Å². The molecule has 1 heterocycles. The average molecular weight is 453 g/mol. The van der Waals surface area contributed by atoms with Crippen LogP contribution in [0.4, 0.5) is 5.69 Å². The third-order valence-electron chi connectivity index (χ3n) is 4.99. The Labute approximate surface area is 182 Å². The molecule has 0 atom stereocenters. The molecule has 2 aromatic carbocycles. The van der Waals surface area contributed by atoms with Crippen molar-refractivity contribution in [3.8, 4) is 11.5 Å². The van der Waals surface area contributed by atoms with E-state index >= 15 is 0 Å². The smallest absolute Gasteiger partial charge is 0.246 e. The third kappa shape index (κ3) is 5.06. The lowest BCUT2D eigenvalue weighted by atomic mass is 9.97. The van der Waals surface area contributed by atoms with Crippen LogP contribution in [0.15, 0.2) is 47.4 Å². The number of carbonyl (C=O) groups excluding carboxylic acids is 1. The van der Waals surface area contributed by atoms with Crippen molar-refractivity contribution in [3.05, 3.63) is 47.5 Å². The molecule has 0 saturated carbocycles. The minimum Gasteiger partial charge on any atom is -0.497 e. The largest absolute Gasteiger partial charge is 0.497 e. The second-order valence-electron chi connectivity index (χ2n) is 6.92. The molecular formula is C21H25ClN2O5S. The van der Waals surface area contributed by atoms with Gasteiger partial charge in [-0.25, -0.2) is 8.42 Å². The molecule has 1 saturated heterocycles. The van der Waals surface area contributed by atoms with Crippen molar-refractivity contribution in [2.45, 2.75) is 24.7 Å². The number of rotatable bonds is 7. The van der Waals surface area contributed by atoms with Crippen LogP contribution in [0.3, 0.4) is 0 Å². The van der Waals surface area contributed by atoms with Gasteiger partial charge in [0.25, 0.3) is 0 Å². The summed E-state index contributed by atoms with van der Waals surface area (Å²) < 4.78 is 38.3. The van der Waals surface area contributed by atoms with Gasteiger partial charge in [0.2, 0.25) is 15.9 Å². The lowest BCUT2D eigenvalue weighted by Crippen LogP contribution is -2.41. The quantitative estimate of drug-likeness (QED) is 0.690. The van der Waals surface area contributed by atoms with E-state index in [0.717, 1.165) is 0 Å². The van der Waals surface area contributed by atoms with E-state index in [-0.39, 0.29) is 35.6 Å². The molecule has 30 heavy (non-hydrogen) atoms. The molecule has 0 spiro atoms. The van der Waals surface area contributed by atoms with E-state index in [1.807, 2.05) is 0 Å². The number of nitrogens with one attached hydrogen (secondary N) is 1. The monoisotopic (exact) mass is 452 g/mol. The molecule has 1 aliphatic heterocycles. The van der Waals surface area contributed by atoms with Gasteiger partial charge >= 0.3 is 0 Å². The van der Waals surface area contributed by atoms with Crippen LogP contribution in [0.1, 0.15) is 19.8 Å². The van der Waals surface area contributed by atoms with Crippen LogP contribution >= 0.6 is 11.6 Å². The summed E-state index contributed by atoms with van der Waals surface area (Å²) in [6.45, 7) is 2.63. The van der Waals surface area contributed by atoms with Crippen LogP contribution in [0.25, 0.3) is 0 Å². The van der Waals surface area contributed by atoms with Crippen molar-refractivity contribution in [3.63, 3.8) is 0 Å². The van der Waals surface area contributed by atoms with Gasteiger partial charge in [-0.2, -0.15) is 4.31 Å². The second kappa shape index (κ2) is 9.68. The number of nitrogens with zero attached hydrogens (tertiary/aromatic N) is 1. The summed E-state index contributed by atoms with van der Waals surface area (Å²) in [5.41, 5.74) is 0.648. The average Bonchev–Trinajstić information content (AvgIpc) is 2.75. The highest BCUT2D eigenvalue weighted by molar-refractivity contribution is 7.89. The van der Waals surface area contributed by atoms with Crippen molar-refractivity contribution in [1.82, 2.24) is 4.31 Å². The first kappa shape index (κ1) is 22.4. The van der Waals surface area contributed by atoms with Gasteiger partial charge in [-0.1, -0.05) is 17.7 Å². The summed E-state index contributed by atoms with van der Waals surface area (Å²) in [5, 5.41) is 3.20. The molecule has 9 heteroatoms. The summed E-state index contributed by atoms with van der Waals surface area (Å²) in [4.78, 5) is 12.7. The molecule has 0 radical (unpaired) electrons. The van der Waals surface area contributed by atoms with Crippen LogP contribution in [0.2, 0.25) is 5.02 Å². The first-order valence-corrected chi connectivity index (χ1v) is 11.5. The lowest BCUT2D eigenvalue weighted by Gasteiger charge is -2.31. The number of anilines is 1. The molecule has 0 aromatic heterocycles. The van der Waals surface area contributed by atoms with Crippen molar-refractivity contribution in [2.75, 3.05) is 32.1 Å². The Morgan fingerprint density at radius 3 is 2.60 bits per heavy atom. The van der Waals surface area contributed by atoms with Crippen LogP contribution in [0, 0.1) is 5.92 Å². The highest BCUT2D eigenvalue weighted by atomic mass is 35.5. The Morgan fingerprint density at radius 2 is 1.93 bits per heavy atom. The van der Waals surface area contributed by atoms with Crippen LogP contribution in [-0.2, 0) is 14.8 Å². The summed E-state index contributed by atoms with van der Waals surface area (Å²) in [5.74, 6) is 0.534. The van der Waals surface area contributed by atoms with Gasteiger partial charge in [-0.15, -0.1) is 0 Å². The molecule has 0 aliphatic carbocycles. The van der Waals surface area contributed by atoms with Gasteiger partial charge in [-0.3, -0.25) is 4.79 Å². The van der Waals surface area contributed by atoms with Gasteiger partial charge in [0.15, 0.2) is 0 Å². The molecule has 7 nitrogen and oxygen atoms in total. The molecule has 3 rings (SSSR count). The minimum absolute atomic E-state index is 0.0520. The summed E-state index contributed by atoms with van der Waals surface area (Å²) in [6.07, 6.45) is 0.860. The Kier molecular flexibility index (Phi) is 7.23. The molecular weight excluding hydrogens is 428 g/mol. The third-order valence-corrected chi connectivity index (χ3v) is 7.14. The summed E-state index contributed by atoms with van der Waals surface area (Å²) >= 11 is 6.02. The Bertz CT molecular complexity index is 1000. The van der Waals surface area contributed by atoms with E-state index in [2.05, 4.69) is 5.32 Å². The fourth-order valence-electron chi connectivity index (χ4n) is 3.40. The standard InChI is InChI=1S/C21H25ClN2O5S/c1-3-29-19-8-7-16(22)13-20(19)30(26,27)24-11-9-15(10-12-24)21(25)23-17-5-4-6-18(14-17)28-2/h4-8,13-15H,3,9-12H2,1-2H3,(H,23,25). The molecule has 0 bridgehead atoms. The Hall–Kier alpha value is -2.29. The van der Waals surface area contributed by atoms with Gasteiger partial charge in [-0.05, 0) is 50.1 Å². The van der Waals surface area contributed by atoms with E-state index < -0.39 is 10.0 Å². The lowest BCUT2D eigenvalue weighted by molar-refractivity contribution is -0.120. The fourth-order valence-corrected chi connectivity index (χ4v) is 5.26. The highest BCUT2D eigenvalue weighted by Gasteiger charge is 2.34. The van der Waals surface area contributed by atoms with E-state index in [0.29, 0.717) is 35.9 Å². The summed E-state index contributed by atoms with van der Waals surface area (Å²) in [6, 6.07) is 11.7. The van der Waals surface area contributed by atoms with Crippen molar-refractivity contribution < 1.29 is 22.7 Å². The molecule has 162 valence electrons. The Morgan fingerprint density at radius 1 is 1.20 bits per heavy atom. The zero-order chi connectivity index (χ0) is 21.7. The maximum absolute atomic E-state index is 13.1. The molecule has 1 N–H and O–H groups in total. The number of halogens is 1. The van der Waals surface area contributed by atoms with E-state index in [9.17, 15) is 13.2 Å². The number of hydrogen-bond acceptors (Lipinski definition) is 5. The number of carbonyl (C=O) groups is 1. The number of piperidine rings is 1. The number of sulfonamides is 1. The molecule has 1 fully saturated rings. The summed E-state index contributed by atoms with van der Waals surface area (Å²) in [7, 11) is -2.22. The van der Waals surface area contributed by atoms with E-state index in [1.54, 1.807) is 50.4 Å². The van der Waals surface area contributed by atoms with E-state index in [4.69, 9.17) is 21.1 Å². The maximum atomic E-state index is 13.1. The van der Waals surface area contributed by atoms with Crippen LogP contribution in [0.5, 0.6) is 11.5 Å². The second-order valence-corrected chi connectivity index (χ2v) is 9.27. The van der Waals surface area contributed by atoms with E-state index in [1.165, 1.54) is 10.4 Å². The number of hydrogen-bond donors (Lipinski definition) is 1. The number of ether oxygens (including phenoxy) is 2. The predicted molar refractivity (Wildman–Crippen MR) is 116 cm³/mol. The SMILES string of the molecule is CCOc1ccc(Cl)cc1S(=O)(=O)N1CCC(C(=O)Nc2cccc(OC)c2)CC1. The number of amides is 1. The normalized spacial score (nSPS) is 15.6. The van der Waals surface area contributed by atoms with Crippen molar-refractivity contribution in [1.29, 1.82) is 0 Å². The minimum atomic E-state index is -3.78. The van der Waals surface area contributed by atoms with Crippen molar-refractivity contribution >= 4 is 33.2 Å². The van der Waals surface area contributed by atoms with Crippen molar-refractivity contribution in [2.24, 2.45) is 5.92 Å². The maximum Gasteiger partial charge on any atom is 0.246 e. The first-order chi connectivity index (χ1) is 14.3. The van der Waals surface area contributed by atoms with Gasteiger partial charge < -0.3 is 14.8 Å². The van der Waals surface area contributed by atoms with Crippen LogP contribution in [-0.4, -0.2) is 45.4 Å². The highest BCUT2D eigenvalue weighted by Crippen LogP contribution is 2.32. The van der Waals surface area contributed by atoms with Gasteiger partial charge in [0, 0.05) is 35.8 Å². The molecule has 2 aromatic rings. The number of methoxy groups -OCH3 is 1. The Balaban J connectivity index is 1.67. The topological polar surface area (TPSA) is 84.9 Å². The zero-order valence-corrected chi connectivity index (χ0v) is 18.5. The van der Waals surface area contributed by atoms with Gasteiger partial charge in [0.1, 0.15) is 16.4 Å². The molecule has 1 amide bonds. The number of benzene rings is 2. The molecule has 0 unspecified atom stereocenters. The first-order valence-electron chi connectivity index (χ1n) is 9.72. The predicted octanol–water partition coefficient (Wildman–Crippen LogP) is 3.79. The van der Waals surface area contributed by atoms with Crippen LogP contribution < -0.4 is 14.8 Å². The molecule has 1 aliphatic rings.